The molecule has 0 radical (unpaired) electrons. The first-order valence-corrected chi connectivity index (χ1v) is 7.27. The van der Waals surface area contributed by atoms with Crippen molar-refractivity contribution < 1.29 is 4.79 Å². The summed E-state index contributed by atoms with van der Waals surface area (Å²) in [6, 6.07) is 11.6. The van der Waals surface area contributed by atoms with Crippen LogP contribution in [0.5, 0.6) is 0 Å². The van der Waals surface area contributed by atoms with Gasteiger partial charge in [0.25, 0.3) is 0 Å². The monoisotopic (exact) mass is 311 g/mol. The third-order valence-electron chi connectivity index (χ3n) is 3.67. The number of nitrogens with zero attached hydrogens (tertiary/aromatic N) is 5. The maximum atomic E-state index is 11.7. The molecule has 0 atom stereocenters. The maximum absolute atomic E-state index is 11.7. The normalized spacial score (nSPS) is 10.5. The van der Waals surface area contributed by atoms with E-state index in [1.54, 1.807) is 22.5 Å². The molecule has 0 N–H and O–H groups in total. The van der Waals surface area contributed by atoms with Crippen molar-refractivity contribution in [2.45, 2.75) is 13.8 Å². The minimum atomic E-state index is -0.00428. The number of carbonyl (C=O) groups is 1. The lowest BCUT2D eigenvalue weighted by Gasteiger charge is -2.19. The first-order chi connectivity index (χ1) is 11.2. The van der Waals surface area contributed by atoms with Crippen LogP contribution in [0.15, 0.2) is 42.7 Å². The fourth-order valence-corrected chi connectivity index (χ4v) is 2.61. The molecule has 2 aromatic heterocycles. The molecule has 1 amide bonds. The molecule has 3 aromatic rings. The lowest BCUT2D eigenvalue weighted by atomic mass is 10.4. The Hall–Kier alpha value is -3.20. The van der Waals surface area contributed by atoms with Crippen LogP contribution < -0.4 is 4.90 Å². The van der Waals surface area contributed by atoms with Crippen LogP contribution in [-0.2, 0) is 4.79 Å². The number of nitriles is 1. The molecule has 0 fully saturated rings. The largest absolute Gasteiger partial charge is 0.313 e. The number of hydrogen-bond acceptors (Lipinski definition) is 4. The number of amides is 1. The van der Waals surface area contributed by atoms with Crippen molar-refractivity contribution in [3.05, 3.63) is 48.3 Å². The molecular weight excluding hydrogens is 296 g/mol. The van der Waals surface area contributed by atoms with Crippen molar-refractivity contribution in [3.63, 3.8) is 0 Å². The quantitative estimate of drug-likeness (QED) is 0.745. The van der Waals surface area contributed by atoms with E-state index in [4.69, 9.17) is 5.26 Å². The van der Waals surface area contributed by atoms with Gasteiger partial charge in [-0.1, -0.05) is 12.1 Å². The highest BCUT2D eigenvalue weighted by Gasteiger charge is 2.13. The minimum Gasteiger partial charge on any atom is -0.313 e. The topological polar surface area (TPSA) is 74.3 Å². The van der Waals surface area contributed by atoms with Crippen molar-refractivity contribution >= 4 is 17.2 Å². The highest BCUT2D eigenvalue weighted by Crippen LogP contribution is 2.25. The minimum absolute atomic E-state index is 0.00428. The summed E-state index contributed by atoms with van der Waals surface area (Å²) in [5, 5.41) is 13.4. The molecule has 0 aliphatic carbocycles. The van der Waals surface area contributed by atoms with Gasteiger partial charge in [-0.3, -0.25) is 4.79 Å². The first-order valence-electron chi connectivity index (χ1n) is 7.27. The molecule has 0 aliphatic heterocycles. The molecule has 6 nitrogen and oxygen atoms in total. The number of carbonyl (C=O) groups excluding carboxylic acids is 1. The predicted molar refractivity (Wildman–Crippen MR) is 86.8 cm³/mol. The van der Waals surface area contributed by atoms with Gasteiger partial charge >= 0.3 is 0 Å². The standard InChI is InChI=1S/C17H15N5O/c1-3-21(12(2)23)15-6-4-5-13(9-15)16-7-8-19-17-14(10-18)11-20-22(16)17/h4-9,11H,3H2,1-2H3/i4+1,5+1,6+1,9+1,13+1,15+1. The Labute approximate surface area is 133 Å². The zero-order valence-corrected chi connectivity index (χ0v) is 12.9. The van der Waals surface area contributed by atoms with Crippen LogP contribution >= 0.6 is 0 Å². The van der Waals surface area contributed by atoms with Crippen molar-refractivity contribution in [2.75, 3.05) is 11.4 Å². The van der Waals surface area contributed by atoms with Gasteiger partial charge in [0.2, 0.25) is 5.91 Å². The summed E-state index contributed by atoms with van der Waals surface area (Å²) in [4.78, 5) is 17.7. The Morgan fingerprint density at radius 3 is 2.91 bits per heavy atom. The van der Waals surface area contributed by atoms with Crippen molar-refractivity contribution in [2.24, 2.45) is 0 Å². The molecule has 2 heterocycles. The Bertz CT molecular complexity index is 922. The van der Waals surface area contributed by atoms with E-state index >= 15 is 0 Å². The summed E-state index contributed by atoms with van der Waals surface area (Å²) in [6.07, 6.45) is 3.16. The Morgan fingerprint density at radius 2 is 2.22 bits per heavy atom. The molecule has 0 saturated carbocycles. The molecule has 23 heavy (non-hydrogen) atoms. The lowest BCUT2D eigenvalue weighted by molar-refractivity contribution is -0.116. The number of fused-ring (bicyclic) bond motifs is 1. The third kappa shape index (κ3) is 2.53. The van der Waals surface area contributed by atoms with Crippen LogP contribution in [0.4, 0.5) is 5.69 Å². The van der Waals surface area contributed by atoms with Crippen molar-refractivity contribution in [1.82, 2.24) is 14.6 Å². The molecule has 0 bridgehead atoms. The van der Waals surface area contributed by atoms with Gasteiger partial charge in [-0.25, -0.2) is 9.50 Å². The van der Waals surface area contributed by atoms with Crippen LogP contribution in [0.1, 0.15) is 19.4 Å². The second kappa shape index (κ2) is 5.89. The molecule has 0 aliphatic rings. The number of anilines is 1. The van der Waals surface area contributed by atoms with E-state index in [1.807, 2.05) is 37.3 Å². The first kappa shape index (κ1) is 14.7. The zero-order valence-electron chi connectivity index (χ0n) is 12.9. The molecule has 6 heteroatoms. The van der Waals surface area contributed by atoms with Gasteiger partial charge in [-0.05, 0) is 25.1 Å². The molecular formula is C17H15N5O. The van der Waals surface area contributed by atoms with Gasteiger partial charge in [-0.2, -0.15) is 10.4 Å². The molecule has 0 unspecified atom stereocenters. The summed E-state index contributed by atoms with van der Waals surface area (Å²) in [5.74, 6) is -0.00428. The van der Waals surface area contributed by atoms with Gasteiger partial charge in [0.15, 0.2) is 5.65 Å². The van der Waals surface area contributed by atoms with E-state index in [2.05, 4.69) is 16.2 Å². The SMILES string of the molecule is CCN(C(C)=O)[13c]1[13cH][13cH][13cH][13c](-c2ccnc3c(C#N)cnn23)[13cH]1. The molecule has 0 spiro atoms. The van der Waals surface area contributed by atoms with Crippen LogP contribution in [0, 0.1) is 11.3 Å². The van der Waals surface area contributed by atoms with Gasteiger partial charge in [-0.15, -0.1) is 0 Å². The highest BCUT2D eigenvalue weighted by atomic mass is 16.2. The Morgan fingerprint density at radius 1 is 1.39 bits per heavy atom. The highest BCUT2D eigenvalue weighted by molar-refractivity contribution is 5.92. The van der Waals surface area contributed by atoms with Gasteiger partial charge in [0, 0.05) is 30.9 Å². The maximum Gasteiger partial charge on any atom is 0.223 e. The van der Waals surface area contributed by atoms with Crippen LogP contribution in [0.2, 0.25) is 0 Å². The number of aromatic nitrogens is 3. The fraction of sp³-hybridized carbons (Fsp3) is 0.176. The van der Waals surface area contributed by atoms with E-state index < -0.39 is 0 Å². The van der Waals surface area contributed by atoms with Crippen LogP contribution in [0.3, 0.4) is 0 Å². The van der Waals surface area contributed by atoms with E-state index in [0.29, 0.717) is 17.8 Å². The average Bonchev–Trinajstić information content (AvgIpc) is 2.98. The van der Waals surface area contributed by atoms with Crippen molar-refractivity contribution in [1.29, 1.82) is 5.26 Å². The fourth-order valence-electron chi connectivity index (χ4n) is 2.61. The second-order valence-corrected chi connectivity index (χ2v) is 5.05. The Balaban J connectivity index is 2.15. The van der Waals surface area contributed by atoms with E-state index in [9.17, 15) is 4.79 Å². The van der Waals surface area contributed by atoms with Gasteiger partial charge in [0.1, 0.15) is 11.6 Å². The lowest BCUT2D eigenvalue weighted by Crippen LogP contribution is -2.27. The summed E-state index contributed by atoms with van der Waals surface area (Å²) < 4.78 is 1.64. The smallest absolute Gasteiger partial charge is 0.223 e. The van der Waals surface area contributed by atoms with Crippen LogP contribution in [0.25, 0.3) is 16.9 Å². The number of hydrogen-bond donors (Lipinski definition) is 0. The summed E-state index contributed by atoms with van der Waals surface area (Å²) in [6.45, 7) is 4.09. The third-order valence-corrected chi connectivity index (χ3v) is 3.67. The zero-order chi connectivity index (χ0) is 16.4. The molecule has 114 valence electrons. The average molecular weight is 311 g/mol. The number of rotatable bonds is 3. The summed E-state index contributed by atoms with van der Waals surface area (Å²) in [5.41, 5.74) is 3.51. The number of benzene rings is 1. The predicted octanol–water partition coefficient (Wildman–Crippen LogP) is 2.64. The van der Waals surface area contributed by atoms with E-state index in [1.165, 1.54) is 6.20 Å². The van der Waals surface area contributed by atoms with E-state index in [-0.39, 0.29) is 5.91 Å². The second-order valence-electron chi connectivity index (χ2n) is 5.05. The van der Waals surface area contributed by atoms with E-state index in [0.717, 1.165) is 16.9 Å². The molecule has 0 saturated heterocycles. The Kier molecular flexibility index (Phi) is 3.77. The molecule has 3 rings (SSSR count). The van der Waals surface area contributed by atoms with Crippen molar-refractivity contribution in [3.8, 4) is 17.3 Å². The van der Waals surface area contributed by atoms with Gasteiger partial charge < -0.3 is 4.90 Å². The summed E-state index contributed by atoms with van der Waals surface area (Å²) >= 11 is 0. The molecule has 1 aromatic carbocycles. The van der Waals surface area contributed by atoms with Gasteiger partial charge in [0.05, 0.1) is 11.9 Å². The van der Waals surface area contributed by atoms with Crippen LogP contribution in [-0.4, -0.2) is 27.0 Å². The summed E-state index contributed by atoms with van der Waals surface area (Å²) in [7, 11) is 0.